The van der Waals surface area contributed by atoms with Crippen LogP contribution < -0.4 is 14.8 Å². The van der Waals surface area contributed by atoms with Gasteiger partial charge in [-0.05, 0) is 36.6 Å². The van der Waals surface area contributed by atoms with Crippen LogP contribution in [0.2, 0.25) is 0 Å². The molecule has 4 aromatic rings. The van der Waals surface area contributed by atoms with Crippen LogP contribution in [0.3, 0.4) is 0 Å². The minimum Gasteiger partial charge on any atom is -0.496 e. The van der Waals surface area contributed by atoms with E-state index in [1.165, 1.54) is 0 Å². The number of para-hydroxylation sites is 1. The molecule has 0 fully saturated rings. The number of aromatic nitrogens is 1. The second-order valence-electron chi connectivity index (χ2n) is 7.38. The Morgan fingerprint density at radius 3 is 2.90 bits per heavy atom. The molecule has 30 heavy (non-hydrogen) atoms. The molecule has 2 aromatic carbocycles. The zero-order chi connectivity index (χ0) is 21.0. The Labute approximate surface area is 179 Å². The molecule has 0 unspecified atom stereocenters. The van der Waals surface area contributed by atoms with Gasteiger partial charge in [-0.2, -0.15) is 0 Å². The van der Waals surface area contributed by atoms with E-state index in [2.05, 4.69) is 10.5 Å². The molecule has 0 aliphatic carbocycles. The Morgan fingerprint density at radius 1 is 1.17 bits per heavy atom. The smallest absolute Gasteiger partial charge is 0.175 e. The number of rotatable bonds is 9. The standard InChI is InChI=1S/C23H24N2O4S/c1-23(26,14-24-13-17-6-3-4-9-20(17)27-2)15-28-18-8-5-7-16(12-18)21-19-10-11-30-22(19)25-29-21/h3-12,24,26H,13-15H2,1-2H3/t23-/m0/s1. The maximum atomic E-state index is 10.7. The van der Waals surface area contributed by atoms with E-state index in [9.17, 15) is 5.11 Å². The van der Waals surface area contributed by atoms with Gasteiger partial charge in [-0.25, -0.2) is 0 Å². The van der Waals surface area contributed by atoms with E-state index in [0.717, 1.165) is 32.9 Å². The lowest BCUT2D eigenvalue weighted by Gasteiger charge is -2.24. The summed E-state index contributed by atoms with van der Waals surface area (Å²) < 4.78 is 16.7. The average molecular weight is 425 g/mol. The van der Waals surface area contributed by atoms with Gasteiger partial charge in [0.15, 0.2) is 10.6 Å². The Morgan fingerprint density at radius 2 is 2.03 bits per heavy atom. The lowest BCUT2D eigenvalue weighted by Crippen LogP contribution is -2.42. The van der Waals surface area contributed by atoms with Crippen molar-refractivity contribution in [2.45, 2.75) is 19.1 Å². The maximum absolute atomic E-state index is 10.7. The number of thiophene rings is 1. The van der Waals surface area contributed by atoms with Crippen molar-refractivity contribution in [3.63, 3.8) is 0 Å². The highest BCUT2D eigenvalue weighted by Crippen LogP contribution is 2.33. The number of aliphatic hydroxyl groups is 1. The summed E-state index contributed by atoms with van der Waals surface area (Å²) in [6.45, 7) is 2.87. The molecule has 0 spiro atoms. The third-order valence-corrected chi connectivity index (χ3v) is 5.56. The molecule has 4 rings (SSSR count). The fourth-order valence-corrected chi connectivity index (χ4v) is 3.92. The summed E-state index contributed by atoms with van der Waals surface area (Å²) >= 11 is 1.54. The van der Waals surface area contributed by atoms with Crippen molar-refractivity contribution in [2.24, 2.45) is 0 Å². The molecule has 7 heteroatoms. The van der Waals surface area contributed by atoms with Crippen LogP contribution in [0.5, 0.6) is 11.5 Å². The molecule has 2 N–H and O–H groups in total. The molecule has 6 nitrogen and oxygen atoms in total. The molecule has 0 amide bonds. The number of hydrogen-bond acceptors (Lipinski definition) is 7. The summed E-state index contributed by atoms with van der Waals surface area (Å²) in [7, 11) is 1.65. The third kappa shape index (κ3) is 4.64. The van der Waals surface area contributed by atoms with Crippen molar-refractivity contribution < 1.29 is 19.1 Å². The second kappa shape index (κ2) is 8.87. The van der Waals surface area contributed by atoms with Gasteiger partial charge in [0.2, 0.25) is 0 Å². The predicted molar refractivity (Wildman–Crippen MR) is 118 cm³/mol. The van der Waals surface area contributed by atoms with Gasteiger partial charge in [0.05, 0.1) is 12.5 Å². The summed E-state index contributed by atoms with van der Waals surface area (Å²) in [5.41, 5.74) is 0.892. The van der Waals surface area contributed by atoms with Crippen LogP contribution in [0.25, 0.3) is 21.5 Å². The quantitative estimate of drug-likeness (QED) is 0.412. The van der Waals surface area contributed by atoms with E-state index in [1.54, 1.807) is 25.4 Å². The molecule has 2 aromatic heterocycles. The minimum absolute atomic E-state index is 0.152. The lowest BCUT2D eigenvalue weighted by molar-refractivity contribution is 0.0120. The van der Waals surface area contributed by atoms with Crippen LogP contribution >= 0.6 is 11.3 Å². The molecule has 156 valence electrons. The largest absolute Gasteiger partial charge is 0.496 e. The van der Waals surface area contributed by atoms with E-state index in [4.69, 9.17) is 14.0 Å². The van der Waals surface area contributed by atoms with E-state index < -0.39 is 5.60 Å². The number of hydrogen-bond donors (Lipinski definition) is 2. The Balaban J connectivity index is 1.35. The number of nitrogens with zero attached hydrogens (tertiary/aromatic N) is 1. The fourth-order valence-electron chi connectivity index (χ4n) is 3.22. The molecule has 2 heterocycles. The van der Waals surface area contributed by atoms with Crippen LogP contribution in [-0.2, 0) is 6.54 Å². The third-order valence-electron chi connectivity index (χ3n) is 4.77. The van der Waals surface area contributed by atoms with Gasteiger partial charge in [0.1, 0.15) is 23.7 Å². The Hall–Kier alpha value is -2.87. The maximum Gasteiger partial charge on any atom is 0.175 e. The highest BCUT2D eigenvalue weighted by molar-refractivity contribution is 7.16. The molecule has 0 bridgehead atoms. The highest BCUT2D eigenvalue weighted by Gasteiger charge is 2.21. The van der Waals surface area contributed by atoms with E-state index in [1.807, 2.05) is 60.0 Å². The fraction of sp³-hybridized carbons (Fsp3) is 0.261. The van der Waals surface area contributed by atoms with Crippen molar-refractivity contribution in [3.8, 4) is 22.8 Å². The molecule has 0 radical (unpaired) electrons. The Kier molecular flexibility index (Phi) is 6.03. The van der Waals surface area contributed by atoms with Gasteiger partial charge >= 0.3 is 0 Å². The first kappa shape index (κ1) is 20.4. The van der Waals surface area contributed by atoms with Gasteiger partial charge in [-0.15, -0.1) is 11.3 Å². The van der Waals surface area contributed by atoms with Crippen molar-refractivity contribution >= 4 is 21.6 Å². The van der Waals surface area contributed by atoms with Crippen LogP contribution in [-0.4, -0.2) is 36.1 Å². The summed E-state index contributed by atoms with van der Waals surface area (Å²) in [6, 6.07) is 17.4. The first-order chi connectivity index (χ1) is 14.6. The van der Waals surface area contributed by atoms with Crippen LogP contribution in [0, 0.1) is 0 Å². The molecule has 0 saturated carbocycles. The number of benzene rings is 2. The zero-order valence-electron chi connectivity index (χ0n) is 16.9. The molecule has 0 aliphatic heterocycles. The Bertz CT molecular complexity index is 1120. The molecular weight excluding hydrogens is 400 g/mol. The van der Waals surface area contributed by atoms with Gasteiger partial charge in [0, 0.05) is 24.2 Å². The van der Waals surface area contributed by atoms with Gasteiger partial charge in [-0.1, -0.05) is 35.5 Å². The lowest BCUT2D eigenvalue weighted by atomic mass is 10.1. The zero-order valence-corrected chi connectivity index (χ0v) is 17.7. The summed E-state index contributed by atoms with van der Waals surface area (Å²) in [5.74, 6) is 2.21. The van der Waals surface area contributed by atoms with Crippen LogP contribution in [0.15, 0.2) is 64.5 Å². The van der Waals surface area contributed by atoms with E-state index >= 15 is 0 Å². The SMILES string of the molecule is COc1ccccc1CNC[C@](C)(O)COc1cccc(-c2onc3sccc23)c1. The second-order valence-corrected chi connectivity index (χ2v) is 8.27. The first-order valence-electron chi connectivity index (χ1n) is 9.67. The van der Waals surface area contributed by atoms with Crippen molar-refractivity contribution in [3.05, 3.63) is 65.5 Å². The number of methoxy groups -OCH3 is 1. The molecule has 0 aliphatic rings. The monoisotopic (exact) mass is 424 g/mol. The first-order valence-corrected chi connectivity index (χ1v) is 10.5. The van der Waals surface area contributed by atoms with E-state index in [0.29, 0.717) is 18.8 Å². The van der Waals surface area contributed by atoms with Crippen molar-refractivity contribution in [1.82, 2.24) is 10.5 Å². The topological polar surface area (TPSA) is 76.8 Å². The van der Waals surface area contributed by atoms with Gasteiger partial charge < -0.3 is 24.4 Å². The highest BCUT2D eigenvalue weighted by atomic mass is 32.1. The minimum atomic E-state index is -1.04. The number of ether oxygens (including phenoxy) is 2. The van der Waals surface area contributed by atoms with E-state index in [-0.39, 0.29) is 6.61 Å². The van der Waals surface area contributed by atoms with Crippen LogP contribution in [0.4, 0.5) is 0 Å². The van der Waals surface area contributed by atoms with Crippen molar-refractivity contribution in [2.75, 3.05) is 20.3 Å². The van der Waals surface area contributed by atoms with Crippen LogP contribution in [0.1, 0.15) is 12.5 Å². The van der Waals surface area contributed by atoms with Gasteiger partial charge in [0.25, 0.3) is 0 Å². The normalized spacial score (nSPS) is 13.3. The predicted octanol–water partition coefficient (Wildman–Crippen LogP) is 4.48. The number of nitrogens with one attached hydrogen (secondary N) is 1. The summed E-state index contributed by atoms with van der Waals surface area (Å²) in [5, 5.41) is 21.0. The van der Waals surface area contributed by atoms with Gasteiger partial charge in [-0.3, -0.25) is 0 Å². The summed E-state index contributed by atoms with van der Waals surface area (Å²) in [6.07, 6.45) is 0. The molecule has 0 saturated heterocycles. The molecule has 1 atom stereocenters. The summed E-state index contributed by atoms with van der Waals surface area (Å²) in [4.78, 5) is 0.875. The average Bonchev–Trinajstić information content (AvgIpc) is 3.37. The number of fused-ring (bicyclic) bond motifs is 1. The molecular formula is C23H24N2O4S. The van der Waals surface area contributed by atoms with Crippen molar-refractivity contribution in [1.29, 1.82) is 0 Å².